The zero-order valence-electron chi connectivity index (χ0n) is 18.0. The molecule has 0 unspecified atom stereocenters. The summed E-state index contributed by atoms with van der Waals surface area (Å²) in [5.41, 5.74) is 2.98. The second kappa shape index (κ2) is 10.0. The SMILES string of the molecule is C[C@@H](COC(c1ccccc1)(c1ccccc1)c1ccccc1)N(N=O)c1ccccc1. The van der Waals surface area contributed by atoms with Crippen LogP contribution in [-0.2, 0) is 10.3 Å². The van der Waals surface area contributed by atoms with E-state index in [0.29, 0.717) is 6.61 Å². The number of anilines is 1. The Hall–Kier alpha value is -3.76. The minimum Gasteiger partial charge on any atom is -0.359 e. The van der Waals surface area contributed by atoms with E-state index in [1.165, 1.54) is 5.01 Å². The highest BCUT2D eigenvalue weighted by atomic mass is 16.5. The highest BCUT2D eigenvalue weighted by Gasteiger charge is 2.38. The maximum Gasteiger partial charge on any atom is 0.143 e. The molecule has 0 aliphatic heterocycles. The second-order valence-electron chi connectivity index (χ2n) is 7.70. The maximum atomic E-state index is 11.7. The largest absolute Gasteiger partial charge is 0.359 e. The minimum absolute atomic E-state index is 0.273. The molecule has 0 spiro atoms. The van der Waals surface area contributed by atoms with Crippen LogP contribution in [0.4, 0.5) is 5.69 Å². The van der Waals surface area contributed by atoms with Crippen LogP contribution in [0.2, 0.25) is 0 Å². The van der Waals surface area contributed by atoms with Gasteiger partial charge in [0.05, 0.1) is 23.6 Å². The standard InChI is InChI=1S/C28H26N2O2/c1-23(30(29-31)27-20-12-5-13-21-27)22-32-28(24-14-6-2-7-15-24,25-16-8-3-9-17-25)26-18-10-4-11-19-26/h2-21,23H,22H2,1H3/t23-/m0/s1. The van der Waals surface area contributed by atoms with Crippen LogP contribution in [0.25, 0.3) is 0 Å². The van der Waals surface area contributed by atoms with Crippen LogP contribution in [0.5, 0.6) is 0 Å². The lowest BCUT2D eigenvalue weighted by Crippen LogP contribution is -2.39. The molecule has 32 heavy (non-hydrogen) atoms. The van der Waals surface area contributed by atoms with Crippen molar-refractivity contribution in [3.05, 3.63) is 143 Å². The van der Waals surface area contributed by atoms with E-state index >= 15 is 0 Å². The summed E-state index contributed by atoms with van der Waals surface area (Å²) in [4.78, 5) is 11.7. The fraction of sp³-hybridized carbons (Fsp3) is 0.143. The highest BCUT2D eigenvalue weighted by molar-refractivity contribution is 5.48. The number of para-hydroxylation sites is 1. The van der Waals surface area contributed by atoms with Crippen molar-refractivity contribution in [3.8, 4) is 0 Å². The predicted molar refractivity (Wildman–Crippen MR) is 129 cm³/mol. The molecular formula is C28H26N2O2. The van der Waals surface area contributed by atoms with Gasteiger partial charge in [0.2, 0.25) is 0 Å². The number of rotatable bonds is 9. The van der Waals surface area contributed by atoms with E-state index in [1.54, 1.807) is 0 Å². The van der Waals surface area contributed by atoms with Gasteiger partial charge in [0.15, 0.2) is 0 Å². The molecule has 0 amide bonds. The van der Waals surface area contributed by atoms with Gasteiger partial charge in [-0.25, -0.2) is 5.01 Å². The van der Waals surface area contributed by atoms with Gasteiger partial charge in [0.25, 0.3) is 0 Å². The molecule has 4 aromatic rings. The first kappa shape index (κ1) is 21.5. The molecule has 160 valence electrons. The van der Waals surface area contributed by atoms with Crippen molar-refractivity contribution in [2.24, 2.45) is 5.29 Å². The lowest BCUT2D eigenvalue weighted by molar-refractivity contribution is 0.00612. The summed E-state index contributed by atoms with van der Waals surface area (Å²) in [6, 6.07) is 39.8. The van der Waals surface area contributed by atoms with Gasteiger partial charge < -0.3 is 4.74 Å². The van der Waals surface area contributed by atoms with Gasteiger partial charge in [-0.2, -0.15) is 0 Å². The smallest absolute Gasteiger partial charge is 0.143 e. The molecule has 0 saturated carbocycles. The molecule has 1 atom stereocenters. The fourth-order valence-electron chi connectivity index (χ4n) is 4.05. The van der Waals surface area contributed by atoms with Crippen molar-refractivity contribution in [1.29, 1.82) is 0 Å². The van der Waals surface area contributed by atoms with Crippen LogP contribution in [0, 0.1) is 4.91 Å². The van der Waals surface area contributed by atoms with Crippen molar-refractivity contribution in [3.63, 3.8) is 0 Å². The van der Waals surface area contributed by atoms with Crippen molar-refractivity contribution in [2.45, 2.75) is 18.6 Å². The second-order valence-corrected chi connectivity index (χ2v) is 7.70. The van der Waals surface area contributed by atoms with E-state index < -0.39 is 5.60 Å². The van der Waals surface area contributed by atoms with Gasteiger partial charge in [0, 0.05) is 0 Å². The van der Waals surface area contributed by atoms with E-state index in [1.807, 2.05) is 91.9 Å². The molecular weight excluding hydrogens is 396 g/mol. The lowest BCUT2D eigenvalue weighted by Gasteiger charge is -2.37. The molecule has 0 N–H and O–H groups in total. The molecule has 4 nitrogen and oxygen atoms in total. The number of nitrogens with zero attached hydrogens (tertiary/aromatic N) is 2. The monoisotopic (exact) mass is 422 g/mol. The summed E-state index contributed by atoms with van der Waals surface area (Å²) in [7, 11) is 0. The van der Waals surface area contributed by atoms with E-state index in [0.717, 1.165) is 22.4 Å². The summed E-state index contributed by atoms with van der Waals surface area (Å²) in [6.45, 7) is 2.24. The Bertz CT molecular complexity index is 1010. The highest BCUT2D eigenvalue weighted by Crippen LogP contribution is 2.40. The van der Waals surface area contributed by atoms with Gasteiger partial charge in [-0.3, -0.25) is 0 Å². The average molecular weight is 423 g/mol. The Morgan fingerprint density at radius 3 is 1.44 bits per heavy atom. The van der Waals surface area contributed by atoms with Crippen LogP contribution in [0.15, 0.2) is 127 Å². The third-order valence-electron chi connectivity index (χ3n) is 5.61. The summed E-state index contributed by atoms with van der Waals surface area (Å²) in [6.07, 6.45) is 0. The quantitative estimate of drug-likeness (QED) is 0.174. The first-order chi connectivity index (χ1) is 15.8. The van der Waals surface area contributed by atoms with Crippen LogP contribution in [0.1, 0.15) is 23.6 Å². The molecule has 0 saturated heterocycles. The minimum atomic E-state index is -0.830. The van der Waals surface area contributed by atoms with E-state index in [9.17, 15) is 4.91 Å². The van der Waals surface area contributed by atoms with Gasteiger partial charge in [0.1, 0.15) is 5.60 Å². The predicted octanol–water partition coefficient (Wildman–Crippen LogP) is 6.57. The summed E-state index contributed by atoms with van der Waals surface area (Å²) >= 11 is 0. The molecule has 0 fully saturated rings. The number of nitroso groups, excluding NO2 is 1. The topological polar surface area (TPSA) is 41.9 Å². The van der Waals surface area contributed by atoms with Gasteiger partial charge >= 0.3 is 0 Å². The zero-order chi connectivity index (χ0) is 22.2. The van der Waals surface area contributed by atoms with Gasteiger partial charge in [-0.1, -0.05) is 109 Å². The maximum absolute atomic E-state index is 11.7. The molecule has 0 radical (unpaired) electrons. The lowest BCUT2D eigenvalue weighted by atomic mass is 9.80. The molecule has 4 aromatic carbocycles. The van der Waals surface area contributed by atoms with Crippen LogP contribution < -0.4 is 5.01 Å². The average Bonchev–Trinajstić information content (AvgIpc) is 2.87. The molecule has 0 aliphatic rings. The fourth-order valence-corrected chi connectivity index (χ4v) is 4.05. The number of ether oxygens (including phenoxy) is 1. The Morgan fingerprint density at radius 1 is 0.688 bits per heavy atom. The van der Waals surface area contributed by atoms with Crippen molar-refractivity contribution in [1.82, 2.24) is 0 Å². The van der Waals surface area contributed by atoms with Crippen LogP contribution >= 0.6 is 0 Å². The Balaban J connectivity index is 1.77. The zero-order valence-corrected chi connectivity index (χ0v) is 18.0. The Morgan fingerprint density at radius 2 is 1.06 bits per heavy atom. The third-order valence-corrected chi connectivity index (χ3v) is 5.61. The van der Waals surface area contributed by atoms with Crippen molar-refractivity contribution < 1.29 is 4.74 Å². The number of hydrogen-bond donors (Lipinski definition) is 0. The summed E-state index contributed by atoms with van der Waals surface area (Å²) < 4.78 is 6.81. The van der Waals surface area contributed by atoms with Crippen LogP contribution in [-0.4, -0.2) is 12.6 Å². The summed E-state index contributed by atoms with van der Waals surface area (Å²) in [5, 5.41) is 4.74. The first-order valence-corrected chi connectivity index (χ1v) is 10.7. The first-order valence-electron chi connectivity index (χ1n) is 10.7. The van der Waals surface area contributed by atoms with E-state index in [4.69, 9.17) is 4.74 Å². The Kier molecular flexibility index (Phi) is 6.73. The number of hydrogen-bond acceptors (Lipinski definition) is 3. The van der Waals surface area contributed by atoms with Crippen LogP contribution in [0.3, 0.4) is 0 Å². The molecule has 0 bridgehead atoms. The third kappa shape index (κ3) is 4.32. The normalized spacial score (nSPS) is 12.2. The Labute approximate surface area is 189 Å². The van der Waals surface area contributed by atoms with Gasteiger partial charge in [-0.15, -0.1) is 4.91 Å². The molecule has 4 rings (SSSR count). The van der Waals surface area contributed by atoms with E-state index in [2.05, 4.69) is 41.7 Å². The van der Waals surface area contributed by atoms with Crippen molar-refractivity contribution >= 4 is 5.69 Å². The van der Waals surface area contributed by atoms with E-state index in [-0.39, 0.29) is 6.04 Å². The van der Waals surface area contributed by atoms with Gasteiger partial charge in [-0.05, 0) is 35.7 Å². The summed E-state index contributed by atoms with van der Waals surface area (Å²) in [5.74, 6) is 0. The molecule has 0 aromatic heterocycles. The van der Waals surface area contributed by atoms with Crippen molar-refractivity contribution in [2.75, 3.05) is 11.6 Å². The molecule has 0 aliphatic carbocycles. The molecule has 4 heteroatoms. The number of benzene rings is 4. The molecule has 0 heterocycles.